The summed E-state index contributed by atoms with van der Waals surface area (Å²) in [6.07, 6.45) is 4.52. The number of ether oxygens (including phenoxy) is 4. The highest BCUT2D eigenvalue weighted by Gasteiger charge is 2.77. The number of pyridine rings is 1. The van der Waals surface area contributed by atoms with Gasteiger partial charge in [-0.2, -0.15) is 0 Å². The number of methoxy groups -OCH3 is 1. The minimum Gasteiger partial charge on any atom is -0.491 e. The first-order chi connectivity index (χ1) is 16.9. The molecular formula is C29H39NO6. The lowest BCUT2D eigenvalue weighted by atomic mass is 9.58. The standard InChI is InChI=1S/C29H39NO6/c1-15-13-28-16(2)11-19-21(26(19,3)4)18(22(28)31)12-17-14-34-27(5,6)36-24(17)29(28,32)23(15)35-25-20(33-7)9-8-10-30-25/h8-10,12-13,16,18-19,21-24,31-32H,11,14H2,1-7H3/t16-,18+,19-,21+,22?,23+,24-,28+,29-/m1/s1. The van der Waals surface area contributed by atoms with Crippen LogP contribution in [0.2, 0.25) is 0 Å². The Kier molecular flexibility index (Phi) is 5.13. The van der Waals surface area contributed by atoms with Gasteiger partial charge in [-0.3, -0.25) is 0 Å². The molecule has 7 nitrogen and oxygen atoms in total. The molecule has 5 aliphatic rings. The molecule has 2 N–H and O–H groups in total. The predicted molar refractivity (Wildman–Crippen MR) is 133 cm³/mol. The Morgan fingerprint density at radius 1 is 1.19 bits per heavy atom. The molecule has 6 rings (SSSR count). The fourth-order valence-electron chi connectivity index (χ4n) is 8.34. The number of nitrogens with zero attached hydrogens (tertiary/aromatic N) is 1. The number of aliphatic hydroxyl groups excluding tert-OH is 1. The SMILES string of the molecule is COc1cccnc1O[C@H]1C(C)=C[C@]23C(O)[C@@H](C=C4COC(C)(C)O[C@H]4[C@]12O)[C@H]1[C@@H](C[C@H]3C)C1(C)C. The van der Waals surface area contributed by atoms with Crippen molar-refractivity contribution >= 4 is 0 Å². The van der Waals surface area contributed by atoms with E-state index in [-0.39, 0.29) is 17.3 Å². The third-order valence-electron chi connectivity index (χ3n) is 10.1. The van der Waals surface area contributed by atoms with E-state index in [1.165, 1.54) is 0 Å². The van der Waals surface area contributed by atoms with Crippen molar-refractivity contribution in [3.8, 4) is 11.6 Å². The maximum atomic E-state index is 13.1. The Morgan fingerprint density at radius 2 is 1.94 bits per heavy atom. The molecule has 1 aliphatic heterocycles. The molecule has 2 bridgehead atoms. The number of fused-ring (bicyclic) bond motifs is 5. The van der Waals surface area contributed by atoms with Crippen molar-refractivity contribution in [1.82, 2.24) is 4.98 Å². The minimum absolute atomic E-state index is 0.00624. The van der Waals surface area contributed by atoms with Gasteiger partial charge in [0.25, 0.3) is 5.88 Å². The zero-order valence-electron chi connectivity index (χ0n) is 22.3. The fraction of sp³-hybridized carbons (Fsp3) is 0.690. The predicted octanol–water partition coefficient (Wildman–Crippen LogP) is 3.90. The normalized spacial score (nSPS) is 45.6. The van der Waals surface area contributed by atoms with Gasteiger partial charge >= 0.3 is 0 Å². The third kappa shape index (κ3) is 2.97. The molecule has 1 spiro atoms. The van der Waals surface area contributed by atoms with Crippen LogP contribution in [0, 0.1) is 34.5 Å². The van der Waals surface area contributed by atoms with Gasteiger partial charge in [-0.15, -0.1) is 0 Å². The molecule has 7 heteroatoms. The zero-order valence-corrected chi connectivity index (χ0v) is 22.3. The van der Waals surface area contributed by atoms with Crippen molar-refractivity contribution in [3.05, 3.63) is 41.6 Å². The molecular weight excluding hydrogens is 458 g/mol. The second-order valence-electron chi connectivity index (χ2n) is 12.7. The number of aliphatic hydroxyl groups is 2. The quantitative estimate of drug-likeness (QED) is 0.612. The summed E-state index contributed by atoms with van der Waals surface area (Å²) in [5.74, 6) is 0.603. The van der Waals surface area contributed by atoms with E-state index in [4.69, 9.17) is 18.9 Å². The molecule has 0 aromatic carbocycles. The Morgan fingerprint density at radius 3 is 2.67 bits per heavy atom. The van der Waals surface area contributed by atoms with Crippen LogP contribution >= 0.6 is 0 Å². The van der Waals surface area contributed by atoms with E-state index in [1.807, 2.05) is 20.8 Å². The molecule has 196 valence electrons. The Hall–Kier alpha value is -1.93. The smallest absolute Gasteiger partial charge is 0.257 e. The molecule has 2 heterocycles. The second kappa shape index (κ2) is 7.56. The lowest BCUT2D eigenvalue weighted by Gasteiger charge is -2.55. The van der Waals surface area contributed by atoms with E-state index < -0.39 is 35.1 Å². The summed E-state index contributed by atoms with van der Waals surface area (Å²) >= 11 is 0. The summed E-state index contributed by atoms with van der Waals surface area (Å²) in [6.45, 7) is 12.8. The van der Waals surface area contributed by atoms with Gasteiger partial charge in [0.2, 0.25) is 0 Å². The summed E-state index contributed by atoms with van der Waals surface area (Å²) < 4.78 is 24.7. The average Bonchev–Trinajstić information content (AvgIpc) is 3.31. The van der Waals surface area contributed by atoms with Crippen LogP contribution in [0.5, 0.6) is 11.6 Å². The van der Waals surface area contributed by atoms with Gasteiger partial charge < -0.3 is 29.2 Å². The first-order valence-corrected chi connectivity index (χ1v) is 13.2. The Balaban J connectivity index is 1.55. The maximum absolute atomic E-state index is 13.1. The van der Waals surface area contributed by atoms with Crippen molar-refractivity contribution in [1.29, 1.82) is 0 Å². The molecule has 0 radical (unpaired) electrons. The van der Waals surface area contributed by atoms with Crippen molar-refractivity contribution in [2.75, 3.05) is 13.7 Å². The highest BCUT2D eigenvalue weighted by atomic mass is 16.7. The van der Waals surface area contributed by atoms with Gasteiger partial charge in [-0.25, -0.2) is 4.98 Å². The molecule has 1 aromatic rings. The number of hydrogen-bond donors (Lipinski definition) is 2. The first-order valence-electron chi connectivity index (χ1n) is 13.2. The molecule has 4 aliphatic carbocycles. The molecule has 3 fully saturated rings. The third-order valence-corrected chi connectivity index (χ3v) is 10.1. The van der Waals surface area contributed by atoms with Crippen LogP contribution in [0.3, 0.4) is 0 Å². The van der Waals surface area contributed by atoms with Crippen LogP contribution in [0.1, 0.15) is 48.0 Å². The molecule has 1 saturated heterocycles. The van der Waals surface area contributed by atoms with Crippen LogP contribution < -0.4 is 9.47 Å². The van der Waals surface area contributed by atoms with Gasteiger partial charge in [0.1, 0.15) is 11.7 Å². The fourth-order valence-corrected chi connectivity index (χ4v) is 8.34. The van der Waals surface area contributed by atoms with E-state index in [0.717, 1.165) is 17.6 Å². The largest absolute Gasteiger partial charge is 0.491 e. The van der Waals surface area contributed by atoms with Crippen LogP contribution in [-0.2, 0) is 9.47 Å². The van der Waals surface area contributed by atoms with Gasteiger partial charge in [0, 0.05) is 12.1 Å². The molecule has 0 amide bonds. The number of rotatable bonds is 3. The van der Waals surface area contributed by atoms with E-state index >= 15 is 0 Å². The van der Waals surface area contributed by atoms with Crippen LogP contribution in [0.15, 0.2) is 41.6 Å². The molecule has 36 heavy (non-hydrogen) atoms. The molecule has 9 atom stereocenters. The van der Waals surface area contributed by atoms with Gasteiger partial charge in [0.05, 0.1) is 25.2 Å². The highest BCUT2D eigenvalue weighted by molar-refractivity contribution is 5.45. The van der Waals surface area contributed by atoms with E-state index in [0.29, 0.717) is 30.1 Å². The second-order valence-corrected chi connectivity index (χ2v) is 12.7. The average molecular weight is 498 g/mol. The van der Waals surface area contributed by atoms with Crippen LogP contribution in [-0.4, -0.2) is 58.6 Å². The van der Waals surface area contributed by atoms with E-state index in [1.54, 1.807) is 25.4 Å². The van der Waals surface area contributed by atoms with Crippen molar-refractivity contribution < 1.29 is 29.2 Å². The monoisotopic (exact) mass is 497 g/mol. The molecule has 1 unspecified atom stereocenters. The van der Waals surface area contributed by atoms with Crippen LogP contribution in [0.4, 0.5) is 0 Å². The van der Waals surface area contributed by atoms with Crippen molar-refractivity contribution in [3.63, 3.8) is 0 Å². The topological polar surface area (TPSA) is 90.3 Å². The van der Waals surface area contributed by atoms with Gasteiger partial charge in [-0.1, -0.05) is 32.9 Å². The molecule has 1 aromatic heterocycles. The maximum Gasteiger partial charge on any atom is 0.257 e. The van der Waals surface area contributed by atoms with Crippen molar-refractivity contribution in [2.24, 2.45) is 34.5 Å². The zero-order chi connectivity index (χ0) is 25.8. The first kappa shape index (κ1) is 24.4. The highest BCUT2D eigenvalue weighted by Crippen LogP contribution is 2.73. The summed E-state index contributed by atoms with van der Waals surface area (Å²) in [4.78, 5) is 4.42. The number of hydrogen-bond acceptors (Lipinski definition) is 7. The lowest BCUT2D eigenvalue weighted by molar-refractivity contribution is -0.310. The lowest BCUT2D eigenvalue weighted by Crippen LogP contribution is -2.69. The van der Waals surface area contributed by atoms with E-state index in [9.17, 15) is 10.2 Å². The van der Waals surface area contributed by atoms with Gasteiger partial charge in [-0.05, 0) is 73.6 Å². The van der Waals surface area contributed by atoms with Crippen LogP contribution in [0.25, 0.3) is 0 Å². The van der Waals surface area contributed by atoms with Crippen molar-refractivity contribution in [2.45, 2.75) is 77.7 Å². The molecule has 2 saturated carbocycles. The summed E-state index contributed by atoms with van der Waals surface area (Å²) in [7, 11) is 1.57. The number of aromatic nitrogens is 1. The minimum atomic E-state index is -1.58. The summed E-state index contributed by atoms with van der Waals surface area (Å²) in [5, 5.41) is 25.5. The Labute approximate surface area is 213 Å². The summed E-state index contributed by atoms with van der Waals surface area (Å²) in [5.41, 5.74) is -0.669. The van der Waals surface area contributed by atoms with Gasteiger partial charge in [0.15, 0.2) is 17.6 Å². The summed E-state index contributed by atoms with van der Waals surface area (Å²) in [6, 6.07) is 3.57. The Bertz CT molecular complexity index is 1140. The van der Waals surface area contributed by atoms with E-state index in [2.05, 4.69) is 37.9 Å².